The van der Waals surface area contributed by atoms with Gasteiger partial charge < -0.3 is 25.0 Å². The molecule has 0 spiro atoms. The van der Waals surface area contributed by atoms with Crippen molar-refractivity contribution in [2.45, 2.75) is 36.5 Å². The second-order valence-electron chi connectivity index (χ2n) is 8.97. The SMILES string of the molecule is COCCOc1ccc(N2CCN(S(=O)(=O)C3(C(N)=O)CCN(C4CC4)CC3)CC2)cc1F. The van der Waals surface area contributed by atoms with Crippen molar-refractivity contribution in [3.05, 3.63) is 24.0 Å². The van der Waals surface area contributed by atoms with Gasteiger partial charge in [0.25, 0.3) is 0 Å². The monoisotopic (exact) mass is 484 g/mol. The standard InChI is InChI=1S/C22H33FN4O5S/c1-31-14-15-32-20-5-4-18(16-19(20)23)26-10-12-27(13-11-26)33(29,30)22(21(24)28)6-8-25(9-7-22)17-2-3-17/h4-5,16-17H,2-3,6-15H2,1H3,(H2,24,28). The van der Waals surface area contributed by atoms with E-state index >= 15 is 0 Å². The fraction of sp³-hybridized carbons (Fsp3) is 0.682. The predicted molar refractivity (Wildman–Crippen MR) is 122 cm³/mol. The summed E-state index contributed by atoms with van der Waals surface area (Å²) in [6, 6.07) is 5.25. The van der Waals surface area contributed by atoms with Gasteiger partial charge in [-0.25, -0.2) is 12.8 Å². The second kappa shape index (κ2) is 9.73. The third-order valence-corrected chi connectivity index (χ3v) is 9.66. The number of carbonyl (C=O) groups is 1. The van der Waals surface area contributed by atoms with E-state index in [2.05, 4.69) is 4.90 Å². The fourth-order valence-electron chi connectivity index (χ4n) is 4.79. The molecule has 33 heavy (non-hydrogen) atoms. The quantitative estimate of drug-likeness (QED) is 0.517. The van der Waals surface area contributed by atoms with Gasteiger partial charge in [0.1, 0.15) is 6.61 Å². The first-order valence-corrected chi connectivity index (χ1v) is 12.9. The number of sulfonamides is 1. The third kappa shape index (κ3) is 4.82. The van der Waals surface area contributed by atoms with Crippen LogP contribution in [0.15, 0.2) is 18.2 Å². The predicted octanol–water partition coefficient (Wildman–Crippen LogP) is 0.785. The number of ether oxygens (including phenoxy) is 2. The lowest BCUT2D eigenvalue weighted by molar-refractivity contribution is -0.121. The average molecular weight is 485 g/mol. The lowest BCUT2D eigenvalue weighted by atomic mass is 9.95. The van der Waals surface area contributed by atoms with Gasteiger partial charge >= 0.3 is 0 Å². The van der Waals surface area contributed by atoms with Crippen molar-refractivity contribution in [3.63, 3.8) is 0 Å². The second-order valence-corrected chi connectivity index (χ2v) is 11.2. The van der Waals surface area contributed by atoms with E-state index in [9.17, 15) is 17.6 Å². The number of anilines is 1. The van der Waals surface area contributed by atoms with Gasteiger partial charge in [0, 0.05) is 64.2 Å². The van der Waals surface area contributed by atoms with Crippen LogP contribution < -0.4 is 15.4 Å². The Morgan fingerprint density at radius 2 is 1.79 bits per heavy atom. The largest absolute Gasteiger partial charge is 0.488 e. The van der Waals surface area contributed by atoms with Crippen LogP contribution in [0, 0.1) is 5.82 Å². The molecule has 2 heterocycles. The minimum Gasteiger partial charge on any atom is -0.488 e. The summed E-state index contributed by atoms with van der Waals surface area (Å²) in [7, 11) is -2.36. The lowest BCUT2D eigenvalue weighted by Gasteiger charge is -2.44. The van der Waals surface area contributed by atoms with E-state index in [1.165, 1.54) is 10.4 Å². The van der Waals surface area contributed by atoms with Crippen molar-refractivity contribution in [1.82, 2.24) is 9.21 Å². The summed E-state index contributed by atoms with van der Waals surface area (Å²) in [5.74, 6) is -1.08. The van der Waals surface area contributed by atoms with Crippen molar-refractivity contribution in [2.24, 2.45) is 5.73 Å². The van der Waals surface area contributed by atoms with Crippen LogP contribution in [0.3, 0.4) is 0 Å². The van der Waals surface area contributed by atoms with E-state index < -0.39 is 26.5 Å². The van der Waals surface area contributed by atoms with Gasteiger partial charge in [0.05, 0.1) is 6.61 Å². The minimum absolute atomic E-state index is 0.151. The first kappa shape index (κ1) is 24.2. The number of hydrogen-bond acceptors (Lipinski definition) is 7. The zero-order valence-electron chi connectivity index (χ0n) is 19.0. The maximum absolute atomic E-state index is 14.4. The number of nitrogens with zero attached hydrogens (tertiary/aromatic N) is 3. The number of piperazine rings is 1. The number of likely N-dealkylation sites (tertiary alicyclic amines) is 1. The smallest absolute Gasteiger partial charge is 0.240 e. The molecule has 2 N–H and O–H groups in total. The zero-order valence-corrected chi connectivity index (χ0v) is 19.9. The Bertz CT molecular complexity index is 956. The maximum atomic E-state index is 14.4. The summed E-state index contributed by atoms with van der Waals surface area (Å²) in [6.45, 7) is 2.99. The van der Waals surface area contributed by atoms with E-state index in [0.717, 1.165) is 12.8 Å². The molecule has 1 amide bonds. The summed E-state index contributed by atoms with van der Waals surface area (Å²) in [5.41, 5.74) is 6.35. The van der Waals surface area contributed by atoms with Crippen molar-refractivity contribution in [1.29, 1.82) is 0 Å². The Balaban J connectivity index is 1.40. The van der Waals surface area contributed by atoms with Gasteiger partial charge in [-0.15, -0.1) is 0 Å². The molecule has 0 radical (unpaired) electrons. The van der Waals surface area contributed by atoms with Crippen LogP contribution in [-0.2, 0) is 19.6 Å². The molecule has 2 aliphatic heterocycles. The van der Waals surface area contributed by atoms with E-state index in [0.29, 0.717) is 44.5 Å². The molecule has 9 nitrogen and oxygen atoms in total. The lowest BCUT2D eigenvalue weighted by Crippen LogP contribution is -2.63. The zero-order chi connectivity index (χ0) is 23.6. The van der Waals surface area contributed by atoms with Gasteiger partial charge in [0.2, 0.25) is 15.9 Å². The summed E-state index contributed by atoms with van der Waals surface area (Å²) >= 11 is 0. The topological polar surface area (TPSA) is 105 Å². The summed E-state index contributed by atoms with van der Waals surface area (Å²) in [6.07, 6.45) is 2.74. The number of piperidine rings is 1. The number of rotatable bonds is 9. The molecule has 4 rings (SSSR count). The molecule has 3 aliphatic rings. The fourth-order valence-corrected chi connectivity index (χ4v) is 6.88. The van der Waals surface area contributed by atoms with Crippen LogP contribution in [0.5, 0.6) is 5.75 Å². The highest BCUT2D eigenvalue weighted by Crippen LogP contribution is 2.38. The Kier molecular flexibility index (Phi) is 7.13. The number of benzene rings is 1. The van der Waals surface area contributed by atoms with Crippen molar-refractivity contribution in [3.8, 4) is 5.75 Å². The van der Waals surface area contributed by atoms with Crippen molar-refractivity contribution >= 4 is 21.6 Å². The third-order valence-electron chi connectivity index (χ3n) is 7.02. The normalized spacial score (nSPS) is 22.3. The van der Waals surface area contributed by atoms with Gasteiger partial charge in [-0.05, 0) is 37.8 Å². The number of methoxy groups -OCH3 is 1. The highest BCUT2D eigenvalue weighted by molar-refractivity contribution is 7.91. The van der Waals surface area contributed by atoms with Crippen LogP contribution in [0.1, 0.15) is 25.7 Å². The summed E-state index contributed by atoms with van der Waals surface area (Å²) < 4.78 is 51.6. The van der Waals surface area contributed by atoms with Crippen molar-refractivity contribution in [2.75, 3.05) is 64.5 Å². The Morgan fingerprint density at radius 1 is 1.12 bits per heavy atom. The first-order chi connectivity index (χ1) is 15.8. The molecule has 0 unspecified atom stereocenters. The van der Waals surface area contributed by atoms with Gasteiger partial charge in [-0.1, -0.05) is 0 Å². The van der Waals surface area contributed by atoms with Crippen LogP contribution >= 0.6 is 0 Å². The van der Waals surface area contributed by atoms with Gasteiger partial charge in [0.15, 0.2) is 16.3 Å². The van der Waals surface area contributed by atoms with Crippen LogP contribution in [0.25, 0.3) is 0 Å². The molecule has 2 saturated heterocycles. The maximum Gasteiger partial charge on any atom is 0.240 e. The molecule has 3 fully saturated rings. The number of amides is 1. The first-order valence-electron chi connectivity index (χ1n) is 11.5. The molecule has 184 valence electrons. The molecular formula is C22H33FN4O5S. The highest BCUT2D eigenvalue weighted by atomic mass is 32.2. The molecule has 1 aromatic carbocycles. The number of hydrogen-bond donors (Lipinski definition) is 1. The van der Waals surface area contributed by atoms with Crippen LogP contribution in [0.2, 0.25) is 0 Å². The molecule has 1 aromatic rings. The van der Waals surface area contributed by atoms with Gasteiger partial charge in [-0.2, -0.15) is 4.31 Å². The number of halogens is 1. The number of nitrogens with two attached hydrogens (primary N) is 1. The Morgan fingerprint density at radius 3 is 2.33 bits per heavy atom. The van der Waals surface area contributed by atoms with Gasteiger partial charge in [-0.3, -0.25) is 4.79 Å². The van der Waals surface area contributed by atoms with Crippen molar-refractivity contribution < 1.29 is 27.1 Å². The molecule has 1 aliphatic carbocycles. The summed E-state index contributed by atoms with van der Waals surface area (Å²) in [4.78, 5) is 16.6. The Hall–Kier alpha value is -1.95. The van der Waals surface area contributed by atoms with Crippen LogP contribution in [-0.4, -0.2) is 93.9 Å². The van der Waals surface area contributed by atoms with E-state index in [1.54, 1.807) is 19.2 Å². The molecular weight excluding hydrogens is 451 g/mol. The minimum atomic E-state index is -3.91. The molecule has 11 heteroatoms. The molecule has 0 bridgehead atoms. The molecule has 1 saturated carbocycles. The molecule has 0 aromatic heterocycles. The van der Waals surface area contributed by atoms with E-state index in [-0.39, 0.29) is 38.3 Å². The van der Waals surface area contributed by atoms with E-state index in [4.69, 9.17) is 15.2 Å². The average Bonchev–Trinajstić information content (AvgIpc) is 3.66. The number of primary amides is 1. The molecule has 0 atom stereocenters. The van der Waals surface area contributed by atoms with Crippen LogP contribution in [0.4, 0.5) is 10.1 Å². The van der Waals surface area contributed by atoms with E-state index in [1.807, 2.05) is 4.90 Å². The highest BCUT2D eigenvalue weighted by Gasteiger charge is 2.54. The summed E-state index contributed by atoms with van der Waals surface area (Å²) in [5, 5.41) is 0. The Labute approximate surface area is 194 Å². The number of carbonyl (C=O) groups excluding carboxylic acids is 1.